The summed E-state index contributed by atoms with van der Waals surface area (Å²) in [5.41, 5.74) is 11.3. The largest absolute Gasteiger partial charge is 0.369 e. The molecular formula is C10H13N5O3. The van der Waals surface area contributed by atoms with E-state index in [9.17, 15) is 0 Å². The standard InChI is InChI=1S/C10H12N4.HNO3/c11-10(12)14-13-8-4-7-9-5-2-1-3-6-9;2-1(3)4/h1-8H,(H4,11,12,14);(H,2,3,4). The smallest absolute Gasteiger partial charge is 0.291 e. The molecule has 0 saturated heterocycles. The Balaban J connectivity index is 0.000000631. The summed E-state index contributed by atoms with van der Waals surface area (Å²) in [7, 11) is 0. The lowest BCUT2D eigenvalue weighted by molar-refractivity contribution is -0.742. The van der Waals surface area contributed by atoms with Gasteiger partial charge >= 0.3 is 0 Å². The molecular weight excluding hydrogens is 238 g/mol. The fourth-order valence-corrected chi connectivity index (χ4v) is 0.857. The molecule has 5 N–H and O–H groups in total. The van der Waals surface area contributed by atoms with Crippen LogP contribution in [0.2, 0.25) is 0 Å². The number of allylic oxidation sites excluding steroid dienone is 1. The monoisotopic (exact) mass is 251 g/mol. The zero-order chi connectivity index (χ0) is 13.8. The Labute approximate surface area is 103 Å². The zero-order valence-electron chi connectivity index (χ0n) is 9.38. The van der Waals surface area contributed by atoms with Crippen LogP contribution >= 0.6 is 0 Å². The molecule has 96 valence electrons. The van der Waals surface area contributed by atoms with Gasteiger partial charge in [0.25, 0.3) is 5.09 Å². The zero-order valence-corrected chi connectivity index (χ0v) is 9.38. The Kier molecular flexibility index (Phi) is 7.83. The number of rotatable bonds is 3. The lowest BCUT2D eigenvalue weighted by atomic mass is 10.2. The van der Waals surface area contributed by atoms with Gasteiger partial charge in [0, 0.05) is 6.21 Å². The van der Waals surface area contributed by atoms with Crippen molar-refractivity contribution in [3.63, 3.8) is 0 Å². The van der Waals surface area contributed by atoms with Crippen LogP contribution in [0.25, 0.3) is 6.08 Å². The molecule has 1 aromatic rings. The fraction of sp³-hybridized carbons (Fsp3) is 0. The summed E-state index contributed by atoms with van der Waals surface area (Å²) < 4.78 is 0. The number of nitrogens with two attached hydrogens (primary N) is 2. The molecule has 0 aromatic heterocycles. The van der Waals surface area contributed by atoms with Crippen LogP contribution < -0.4 is 11.5 Å². The first-order valence-electron chi connectivity index (χ1n) is 4.69. The van der Waals surface area contributed by atoms with Crippen molar-refractivity contribution in [2.45, 2.75) is 0 Å². The fourth-order valence-electron chi connectivity index (χ4n) is 0.857. The average Bonchev–Trinajstić information content (AvgIpc) is 2.29. The van der Waals surface area contributed by atoms with Gasteiger partial charge in [0.15, 0.2) is 0 Å². The van der Waals surface area contributed by atoms with Crippen molar-refractivity contribution in [1.29, 1.82) is 0 Å². The quantitative estimate of drug-likeness (QED) is 0.312. The molecule has 8 heteroatoms. The molecule has 0 spiro atoms. The first-order chi connectivity index (χ1) is 8.52. The summed E-state index contributed by atoms with van der Waals surface area (Å²) >= 11 is 0. The van der Waals surface area contributed by atoms with E-state index in [4.69, 9.17) is 26.8 Å². The minimum absolute atomic E-state index is 0.0469. The maximum atomic E-state index is 8.36. The topological polar surface area (TPSA) is 140 Å². The molecule has 18 heavy (non-hydrogen) atoms. The van der Waals surface area contributed by atoms with Crippen LogP contribution in [0.4, 0.5) is 0 Å². The molecule has 0 aliphatic carbocycles. The second-order valence-corrected chi connectivity index (χ2v) is 2.80. The molecule has 1 rings (SSSR count). The Bertz CT molecular complexity index is 434. The molecule has 0 fully saturated rings. The highest BCUT2D eigenvalue weighted by molar-refractivity contribution is 5.80. The van der Waals surface area contributed by atoms with E-state index < -0.39 is 5.09 Å². The Morgan fingerprint density at radius 3 is 2.39 bits per heavy atom. The van der Waals surface area contributed by atoms with Gasteiger partial charge in [-0.1, -0.05) is 36.4 Å². The van der Waals surface area contributed by atoms with Crippen molar-refractivity contribution in [1.82, 2.24) is 0 Å². The maximum absolute atomic E-state index is 8.36. The van der Waals surface area contributed by atoms with Gasteiger partial charge < -0.3 is 16.7 Å². The minimum atomic E-state index is -1.50. The number of benzene rings is 1. The first-order valence-corrected chi connectivity index (χ1v) is 4.69. The highest BCUT2D eigenvalue weighted by Crippen LogP contribution is 1.99. The molecule has 1 aromatic carbocycles. The highest BCUT2D eigenvalue weighted by Gasteiger charge is 1.79. The molecule has 0 bridgehead atoms. The maximum Gasteiger partial charge on any atom is 0.291 e. The van der Waals surface area contributed by atoms with Gasteiger partial charge in [-0.05, 0) is 11.6 Å². The van der Waals surface area contributed by atoms with Crippen LogP contribution in [0.3, 0.4) is 0 Å². The van der Waals surface area contributed by atoms with E-state index in [1.165, 1.54) is 6.21 Å². The van der Waals surface area contributed by atoms with Crippen LogP contribution in [0.5, 0.6) is 0 Å². The van der Waals surface area contributed by atoms with Gasteiger partial charge in [-0.15, -0.1) is 15.2 Å². The number of hydrogen-bond donors (Lipinski definition) is 3. The second-order valence-electron chi connectivity index (χ2n) is 2.80. The summed E-state index contributed by atoms with van der Waals surface area (Å²) in [6.45, 7) is 0. The van der Waals surface area contributed by atoms with E-state index in [-0.39, 0.29) is 5.96 Å². The molecule has 0 radical (unpaired) electrons. The highest BCUT2D eigenvalue weighted by atomic mass is 16.9. The molecule has 0 atom stereocenters. The molecule has 0 aliphatic rings. The molecule has 0 heterocycles. The van der Waals surface area contributed by atoms with Crippen LogP contribution in [-0.4, -0.2) is 22.5 Å². The third kappa shape index (κ3) is 11.2. The average molecular weight is 251 g/mol. The van der Waals surface area contributed by atoms with Crippen LogP contribution in [0, 0.1) is 10.1 Å². The predicted molar refractivity (Wildman–Crippen MR) is 68.6 cm³/mol. The van der Waals surface area contributed by atoms with Crippen molar-refractivity contribution >= 4 is 18.3 Å². The molecule has 0 unspecified atom stereocenters. The van der Waals surface area contributed by atoms with Crippen LogP contribution in [0.15, 0.2) is 46.6 Å². The number of guanidine groups is 1. The van der Waals surface area contributed by atoms with E-state index in [1.807, 2.05) is 36.4 Å². The SMILES string of the molecule is NC(N)=NN=CC=Cc1ccccc1.O=[N+]([O-])O. The van der Waals surface area contributed by atoms with Gasteiger partial charge in [-0.3, -0.25) is 0 Å². The molecule has 8 nitrogen and oxygen atoms in total. The van der Waals surface area contributed by atoms with Crippen LogP contribution in [0.1, 0.15) is 5.56 Å². The normalized spacial score (nSPS) is 9.78. The Morgan fingerprint density at radius 2 is 1.89 bits per heavy atom. The summed E-state index contributed by atoms with van der Waals surface area (Å²) in [6.07, 6.45) is 5.19. The lowest BCUT2D eigenvalue weighted by Crippen LogP contribution is -2.21. The van der Waals surface area contributed by atoms with E-state index in [0.717, 1.165) is 5.56 Å². The van der Waals surface area contributed by atoms with Gasteiger partial charge in [-0.25, -0.2) is 0 Å². The first kappa shape index (κ1) is 15.1. The van der Waals surface area contributed by atoms with E-state index in [1.54, 1.807) is 6.08 Å². The number of hydrogen-bond acceptors (Lipinski definition) is 4. The summed E-state index contributed by atoms with van der Waals surface area (Å²) in [4.78, 5) is 8.36. The summed E-state index contributed by atoms with van der Waals surface area (Å²) in [5, 5.41) is 20.7. The molecule has 0 saturated carbocycles. The van der Waals surface area contributed by atoms with Crippen molar-refractivity contribution in [2.24, 2.45) is 21.7 Å². The summed E-state index contributed by atoms with van der Waals surface area (Å²) in [6, 6.07) is 9.88. The van der Waals surface area contributed by atoms with Crippen molar-refractivity contribution < 1.29 is 10.3 Å². The Morgan fingerprint density at radius 1 is 1.33 bits per heavy atom. The van der Waals surface area contributed by atoms with Gasteiger partial charge in [-0.2, -0.15) is 5.10 Å². The van der Waals surface area contributed by atoms with E-state index >= 15 is 0 Å². The van der Waals surface area contributed by atoms with Gasteiger partial charge in [0.2, 0.25) is 5.96 Å². The van der Waals surface area contributed by atoms with E-state index in [2.05, 4.69) is 10.2 Å². The van der Waals surface area contributed by atoms with Crippen molar-refractivity contribution in [3.8, 4) is 0 Å². The van der Waals surface area contributed by atoms with Crippen molar-refractivity contribution in [2.75, 3.05) is 0 Å². The van der Waals surface area contributed by atoms with Gasteiger partial charge in [0.1, 0.15) is 0 Å². The third-order valence-corrected chi connectivity index (χ3v) is 1.41. The lowest BCUT2D eigenvalue weighted by Gasteiger charge is -1.87. The van der Waals surface area contributed by atoms with E-state index in [0.29, 0.717) is 0 Å². The van der Waals surface area contributed by atoms with Crippen LogP contribution in [-0.2, 0) is 0 Å². The Hall–Kier alpha value is -2.90. The molecule has 0 aliphatic heterocycles. The predicted octanol–water partition coefficient (Wildman–Crippen LogP) is 0.611. The third-order valence-electron chi connectivity index (χ3n) is 1.41. The van der Waals surface area contributed by atoms with Gasteiger partial charge in [0.05, 0.1) is 0 Å². The second kappa shape index (κ2) is 9.33. The molecule has 0 amide bonds. The number of nitrogens with zero attached hydrogens (tertiary/aromatic N) is 3. The summed E-state index contributed by atoms with van der Waals surface area (Å²) in [5.74, 6) is -0.0469. The minimum Gasteiger partial charge on any atom is -0.369 e. The van der Waals surface area contributed by atoms with Crippen molar-refractivity contribution in [3.05, 3.63) is 52.1 Å².